The molecule has 1 aliphatic carbocycles. The molecule has 0 saturated carbocycles. The van der Waals surface area contributed by atoms with Crippen molar-refractivity contribution in [3.05, 3.63) is 253 Å². The molecule has 3 heteroatoms. The van der Waals surface area contributed by atoms with Crippen molar-refractivity contribution in [3.63, 3.8) is 0 Å². The van der Waals surface area contributed by atoms with Crippen molar-refractivity contribution in [1.29, 1.82) is 0 Å². The Bertz CT molecular complexity index is 3400. The van der Waals surface area contributed by atoms with Crippen LogP contribution in [0.2, 0.25) is 0 Å². The standard InChI is InChI=1S/C59H38N2O/c1-4-15-41(16-5-1)58-60-54(44-18-14-17-42(35-44)39-27-29-40(30-28-39)43-31-34-51-50-24-11-13-26-56(50)62-57(51)37-43)38-55(61-58)45-32-33-49-48-23-10-12-25-52(48)59(53(49)36-45,46-19-6-2-7-20-46)47-21-8-3-9-22-47/h1-38H. The maximum absolute atomic E-state index is 6.20. The van der Waals surface area contributed by atoms with E-state index in [1.807, 2.05) is 30.3 Å². The molecule has 3 nitrogen and oxygen atoms in total. The Labute approximate surface area is 360 Å². The molecule has 1 aliphatic rings. The van der Waals surface area contributed by atoms with Crippen LogP contribution in [0, 0.1) is 0 Å². The van der Waals surface area contributed by atoms with Gasteiger partial charge in [-0.2, -0.15) is 0 Å². The minimum absolute atomic E-state index is 0.507. The van der Waals surface area contributed by atoms with Gasteiger partial charge in [0.1, 0.15) is 11.2 Å². The zero-order valence-corrected chi connectivity index (χ0v) is 33.7. The molecule has 0 atom stereocenters. The van der Waals surface area contributed by atoms with E-state index in [-0.39, 0.29) is 0 Å². The van der Waals surface area contributed by atoms with E-state index in [4.69, 9.17) is 14.4 Å². The van der Waals surface area contributed by atoms with Gasteiger partial charge in [0, 0.05) is 27.5 Å². The molecule has 12 rings (SSSR count). The van der Waals surface area contributed by atoms with Crippen LogP contribution in [0.25, 0.3) is 89.2 Å². The Morgan fingerprint density at radius 1 is 0.306 bits per heavy atom. The van der Waals surface area contributed by atoms with E-state index in [0.29, 0.717) is 5.82 Å². The largest absolute Gasteiger partial charge is 0.456 e. The van der Waals surface area contributed by atoms with Crippen LogP contribution in [-0.2, 0) is 5.41 Å². The zero-order valence-electron chi connectivity index (χ0n) is 33.7. The van der Waals surface area contributed by atoms with Gasteiger partial charge in [-0.25, -0.2) is 9.97 Å². The predicted octanol–water partition coefficient (Wildman–Crippen LogP) is 15.1. The highest BCUT2D eigenvalue weighted by atomic mass is 16.3. The molecular formula is C59H38N2O. The number of hydrogen-bond donors (Lipinski definition) is 0. The summed E-state index contributed by atoms with van der Waals surface area (Å²) in [7, 11) is 0. The smallest absolute Gasteiger partial charge is 0.160 e. The number of benzene rings is 9. The van der Waals surface area contributed by atoms with Crippen molar-refractivity contribution >= 4 is 21.9 Å². The Kier molecular flexibility index (Phi) is 8.39. The van der Waals surface area contributed by atoms with Crippen LogP contribution >= 0.6 is 0 Å². The number of para-hydroxylation sites is 1. The predicted molar refractivity (Wildman–Crippen MR) is 254 cm³/mol. The highest BCUT2D eigenvalue weighted by Gasteiger charge is 2.46. The minimum Gasteiger partial charge on any atom is -0.456 e. The van der Waals surface area contributed by atoms with Gasteiger partial charge in [-0.05, 0) is 92.0 Å². The van der Waals surface area contributed by atoms with Crippen molar-refractivity contribution < 1.29 is 4.42 Å². The third-order valence-corrected chi connectivity index (χ3v) is 12.6. The Morgan fingerprint density at radius 3 is 1.55 bits per heavy atom. The van der Waals surface area contributed by atoms with Crippen LogP contribution in [0.3, 0.4) is 0 Å². The number of nitrogens with zero attached hydrogens (tertiary/aromatic N) is 2. The molecular weight excluding hydrogens is 753 g/mol. The van der Waals surface area contributed by atoms with E-state index >= 15 is 0 Å². The summed E-state index contributed by atoms with van der Waals surface area (Å²) in [5, 5.41) is 2.28. The van der Waals surface area contributed by atoms with Gasteiger partial charge in [-0.1, -0.05) is 194 Å². The maximum atomic E-state index is 6.20. The molecule has 0 amide bonds. The first-order valence-electron chi connectivity index (χ1n) is 21.1. The highest BCUT2D eigenvalue weighted by molar-refractivity contribution is 6.06. The monoisotopic (exact) mass is 790 g/mol. The second kappa shape index (κ2) is 14.5. The lowest BCUT2D eigenvalue weighted by Gasteiger charge is -2.34. The molecule has 11 aromatic rings. The number of fused-ring (bicyclic) bond motifs is 6. The van der Waals surface area contributed by atoms with Crippen molar-refractivity contribution in [3.8, 4) is 67.3 Å². The first-order valence-corrected chi connectivity index (χ1v) is 21.1. The van der Waals surface area contributed by atoms with Crippen molar-refractivity contribution in [2.75, 3.05) is 0 Å². The Morgan fingerprint density at radius 2 is 0.823 bits per heavy atom. The Balaban J connectivity index is 0.961. The third kappa shape index (κ3) is 5.82. The van der Waals surface area contributed by atoms with Gasteiger partial charge >= 0.3 is 0 Å². The quantitative estimate of drug-likeness (QED) is 0.161. The molecule has 290 valence electrons. The summed E-state index contributed by atoms with van der Waals surface area (Å²) in [6, 6.07) is 82.3. The molecule has 0 fully saturated rings. The average Bonchev–Trinajstić information content (AvgIpc) is 3.88. The van der Waals surface area contributed by atoms with Gasteiger partial charge in [-0.3, -0.25) is 0 Å². The summed E-state index contributed by atoms with van der Waals surface area (Å²) >= 11 is 0. The van der Waals surface area contributed by atoms with Crippen molar-refractivity contribution in [1.82, 2.24) is 9.97 Å². The van der Waals surface area contributed by atoms with E-state index in [0.717, 1.165) is 72.3 Å². The molecule has 0 aliphatic heterocycles. The van der Waals surface area contributed by atoms with Crippen molar-refractivity contribution in [2.45, 2.75) is 5.41 Å². The second-order valence-corrected chi connectivity index (χ2v) is 16.1. The lowest BCUT2D eigenvalue weighted by Crippen LogP contribution is -2.28. The van der Waals surface area contributed by atoms with Gasteiger partial charge in [-0.15, -0.1) is 0 Å². The van der Waals surface area contributed by atoms with Gasteiger partial charge in [0.15, 0.2) is 5.82 Å². The molecule has 0 radical (unpaired) electrons. The molecule has 62 heavy (non-hydrogen) atoms. The van der Waals surface area contributed by atoms with E-state index in [9.17, 15) is 0 Å². The van der Waals surface area contributed by atoms with Crippen LogP contribution < -0.4 is 0 Å². The highest BCUT2D eigenvalue weighted by Crippen LogP contribution is 2.56. The van der Waals surface area contributed by atoms with Crippen LogP contribution in [0.5, 0.6) is 0 Å². The average molecular weight is 791 g/mol. The minimum atomic E-state index is -0.507. The lowest BCUT2D eigenvalue weighted by molar-refractivity contribution is 0.669. The summed E-state index contributed by atoms with van der Waals surface area (Å²) in [6.07, 6.45) is 0. The fourth-order valence-corrected chi connectivity index (χ4v) is 9.68. The summed E-state index contributed by atoms with van der Waals surface area (Å²) in [4.78, 5) is 10.5. The number of hydrogen-bond acceptors (Lipinski definition) is 3. The van der Waals surface area contributed by atoms with Crippen LogP contribution in [0.4, 0.5) is 0 Å². The summed E-state index contributed by atoms with van der Waals surface area (Å²) < 4.78 is 6.20. The normalized spacial score (nSPS) is 12.6. The molecule has 9 aromatic carbocycles. The van der Waals surface area contributed by atoms with Gasteiger partial charge < -0.3 is 4.42 Å². The molecule has 0 unspecified atom stereocenters. The summed E-state index contributed by atoms with van der Waals surface area (Å²) in [5.41, 5.74) is 18.1. The third-order valence-electron chi connectivity index (χ3n) is 12.6. The molecule has 2 heterocycles. The number of aromatic nitrogens is 2. The SMILES string of the molecule is c1ccc(-c2nc(-c3cccc(-c4ccc(-c5ccc6c(c5)oc5ccccc56)cc4)c3)cc(-c3ccc4c(c3)C(c3ccccc3)(c3ccccc3)c3ccccc3-4)n2)cc1. The first kappa shape index (κ1) is 35.8. The Hall–Kier alpha value is -8.14. The fraction of sp³-hybridized carbons (Fsp3) is 0.0169. The molecule has 2 aromatic heterocycles. The summed E-state index contributed by atoms with van der Waals surface area (Å²) in [6.45, 7) is 0. The van der Waals surface area contributed by atoms with Crippen LogP contribution in [0.15, 0.2) is 235 Å². The van der Waals surface area contributed by atoms with E-state index in [1.54, 1.807) is 0 Å². The molecule has 0 bridgehead atoms. The first-order chi connectivity index (χ1) is 30.7. The summed E-state index contributed by atoms with van der Waals surface area (Å²) in [5.74, 6) is 0.690. The molecule has 0 saturated heterocycles. The van der Waals surface area contributed by atoms with Crippen LogP contribution in [0.1, 0.15) is 22.3 Å². The molecule has 0 N–H and O–H groups in total. The van der Waals surface area contributed by atoms with E-state index in [2.05, 4.69) is 200 Å². The second-order valence-electron chi connectivity index (χ2n) is 16.1. The van der Waals surface area contributed by atoms with E-state index in [1.165, 1.54) is 33.4 Å². The van der Waals surface area contributed by atoms with E-state index < -0.39 is 5.41 Å². The van der Waals surface area contributed by atoms with Gasteiger partial charge in [0.05, 0.1) is 16.8 Å². The number of furan rings is 1. The van der Waals surface area contributed by atoms with Gasteiger partial charge in [0.25, 0.3) is 0 Å². The molecule has 0 spiro atoms. The fourth-order valence-electron chi connectivity index (χ4n) is 9.68. The lowest BCUT2D eigenvalue weighted by atomic mass is 9.67. The van der Waals surface area contributed by atoms with Crippen molar-refractivity contribution in [2.24, 2.45) is 0 Å². The maximum Gasteiger partial charge on any atom is 0.160 e. The van der Waals surface area contributed by atoms with Gasteiger partial charge in [0.2, 0.25) is 0 Å². The topological polar surface area (TPSA) is 38.9 Å². The zero-order chi connectivity index (χ0) is 41.0. The van der Waals surface area contributed by atoms with Crippen LogP contribution in [-0.4, -0.2) is 9.97 Å². The number of rotatable bonds is 7.